The molecule has 1 aromatic carbocycles. The van der Waals surface area contributed by atoms with E-state index in [1.54, 1.807) is 17.4 Å². The van der Waals surface area contributed by atoms with E-state index < -0.39 is 0 Å². The van der Waals surface area contributed by atoms with Gasteiger partial charge in [-0.2, -0.15) is 11.8 Å². The molecule has 1 heterocycles. The predicted molar refractivity (Wildman–Crippen MR) is 75.8 cm³/mol. The van der Waals surface area contributed by atoms with Crippen LogP contribution < -0.4 is 0 Å². The van der Waals surface area contributed by atoms with Crippen LogP contribution in [0.4, 0.5) is 0 Å². The highest BCUT2D eigenvalue weighted by atomic mass is 35.5. The summed E-state index contributed by atoms with van der Waals surface area (Å²) in [5, 5.41) is 3.55. The highest BCUT2D eigenvalue weighted by Gasteiger charge is 2.02. The Morgan fingerprint density at radius 1 is 1.12 bits per heavy atom. The minimum atomic E-state index is 0.692. The first-order valence-electron chi connectivity index (χ1n) is 4.80. The van der Waals surface area contributed by atoms with Crippen molar-refractivity contribution in [2.75, 3.05) is 0 Å². The van der Waals surface area contributed by atoms with E-state index in [-0.39, 0.29) is 0 Å². The average molecular weight is 289 g/mol. The molecule has 16 heavy (non-hydrogen) atoms. The molecule has 0 radical (unpaired) electrons. The van der Waals surface area contributed by atoms with Crippen LogP contribution in [-0.4, -0.2) is 0 Å². The molecule has 0 saturated carbocycles. The topological polar surface area (TPSA) is 0 Å². The minimum Gasteiger partial charge on any atom is -0.152 e. The van der Waals surface area contributed by atoms with Crippen LogP contribution in [0.15, 0.2) is 35.7 Å². The van der Waals surface area contributed by atoms with Gasteiger partial charge < -0.3 is 0 Å². The summed E-state index contributed by atoms with van der Waals surface area (Å²) in [6.07, 6.45) is 0. The van der Waals surface area contributed by atoms with Crippen molar-refractivity contribution < 1.29 is 0 Å². The summed E-state index contributed by atoms with van der Waals surface area (Å²) in [7, 11) is 0. The first kappa shape index (κ1) is 12.3. The van der Waals surface area contributed by atoms with Gasteiger partial charge >= 0.3 is 0 Å². The third-order valence-electron chi connectivity index (χ3n) is 2.10. The van der Waals surface area contributed by atoms with Gasteiger partial charge in [-0.1, -0.05) is 35.3 Å². The Morgan fingerprint density at radius 2 is 2.00 bits per heavy atom. The smallest absolute Gasteiger partial charge is 0.0461 e. The summed E-state index contributed by atoms with van der Waals surface area (Å²) in [5.41, 5.74) is 1.15. The van der Waals surface area contributed by atoms with Crippen LogP contribution in [-0.2, 0) is 11.5 Å². The van der Waals surface area contributed by atoms with E-state index in [1.807, 2.05) is 23.9 Å². The molecule has 0 amide bonds. The summed E-state index contributed by atoms with van der Waals surface area (Å²) in [5.74, 6) is 1.96. The van der Waals surface area contributed by atoms with Gasteiger partial charge in [0.05, 0.1) is 0 Å². The van der Waals surface area contributed by atoms with Crippen LogP contribution in [0.3, 0.4) is 0 Å². The van der Waals surface area contributed by atoms with E-state index in [0.717, 1.165) is 22.1 Å². The molecule has 0 atom stereocenters. The lowest BCUT2D eigenvalue weighted by molar-refractivity contribution is 1.39. The van der Waals surface area contributed by atoms with Crippen molar-refractivity contribution in [2.45, 2.75) is 11.5 Å². The average Bonchev–Trinajstić information content (AvgIpc) is 2.74. The standard InChI is InChI=1S/C12H10Cl2S2/c13-10-4-3-9(12(14)6-10)7-15-8-11-2-1-5-16-11/h1-6H,7-8H2. The molecule has 0 unspecified atom stereocenters. The Labute approximate surface area is 114 Å². The van der Waals surface area contributed by atoms with Crippen molar-refractivity contribution in [1.82, 2.24) is 0 Å². The maximum absolute atomic E-state index is 6.09. The van der Waals surface area contributed by atoms with Gasteiger partial charge in [0.2, 0.25) is 0 Å². The first-order chi connectivity index (χ1) is 7.75. The van der Waals surface area contributed by atoms with Crippen molar-refractivity contribution in [2.24, 2.45) is 0 Å². The van der Waals surface area contributed by atoms with Crippen LogP contribution in [0.5, 0.6) is 0 Å². The molecule has 0 bridgehead atoms. The van der Waals surface area contributed by atoms with Gasteiger partial charge in [0.15, 0.2) is 0 Å². The Bertz CT molecular complexity index is 452. The maximum atomic E-state index is 6.09. The second-order valence-electron chi connectivity index (χ2n) is 3.31. The normalized spacial score (nSPS) is 10.6. The van der Waals surface area contributed by atoms with Crippen LogP contribution >= 0.6 is 46.3 Å². The van der Waals surface area contributed by atoms with Gasteiger partial charge in [0.25, 0.3) is 0 Å². The van der Waals surface area contributed by atoms with Crippen LogP contribution in [0.2, 0.25) is 10.0 Å². The molecule has 0 N–H and O–H groups in total. The van der Waals surface area contributed by atoms with Crippen molar-refractivity contribution >= 4 is 46.3 Å². The van der Waals surface area contributed by atoms with Crippen molar-refractivity contribution in [1.29, 1.82) is 0 Å². The number of benzene rings is 1. The number of halogens is 2. The Morgan fingerprint density at radius 3 is 2.69 bits per heavy atom. The van der Waals surface area contributed by atoms with Crippen LogP contribution in [0.25, 0.3) is 0 Å². The predicted octanol–water partition coefficient (Wildman–Crippen LogP) is 5.49. The van der Waals surface area contributed by atoms with Gasteiger partial charge in [0.1, 0.15) is 0 Å². The molecule has 84 valence electrons. The van der Waals surface area contributed by atoms with E-state index in [2.05, 4.69) is 17.5 Å². The highest BCUT2D eigenvalue weighted by molar-refractivity contribution is 7.97. The SMILES string of the molecule is Clc1ccc(CSCc2cccs2)c(Cl)c1. The number of rotatable bonds is 4. The second kappa shape index (κ2) is 5.97. The Hall–Kier alpha value is -0.150. The molecule has 0 spiro atoms. The third kappa shape index (κ3) is 3.42. The molecule has 0 nitrogen and oxygen atoms in total. The monoisotopic (exact) mass is 288 g/mol. The lowest BCUT2D eigenvalue weighted by Gasteiger charge is -2.03. The zero-order valence-electron chi connectivity index (χ0n) is 8.45. The second-order valence-corrected chi connectivity index (χ2v) is 6.17. The van der Waals surface area contributed by atoms with E-state index in [4.69, 9.17) is 23.2 Å². The summed E-state index contributed by atoms with van der Waals surface area (Å²) in [6, 6.07) is 9.90. The maximum Gasteiger partial charge on any atom is 0.0461 e. The Balaban J connectivity index is 1.90. The van der Waals surface area contributed by atoms with Gasteiger partial charge in [-0.15, -0.1) is 11.3 Å². The molecule has 0 aliphatic heterocycles. The molecule has 2 rings (SSSR count). The summed E-state index contributed by atoms with van der Waals surface area (Å²) < 4.78 is 0. The lowest BCUT2D eigenvalue weighted by Crippen LogP contribution is -1.83. The molecule has 1 aromatic heterocycles. The van der Waals surface area contributed by atoms with Crippen LogP contribution in [0, 0.1) is 0 Å². The fourth-order valence-corrected chi connectivity index (χ4v) is 3.73. The van der Waals surface area contributed by atoms with Gasteiger partial charge in [-0.25, -0.2) is 0 Å². The fourth-order valence-electron chi connectivity index (χ4n) is 1.30. The van der Waals surface area contributed by atoms with Gasteiger partial charge in [-0.3, -0.25) is 0 Å². The molecule has 2 aromatic rings. The fraction of sp³-hybridized carbons (Fsp3) is 0.167. The first-order valence-corrected chi connectivity index (χ1v) is 7.59. The van der Waals surface area contributed by atoms with Crippen molar-refractivity contribution in [3.8, 4) is 0 Å². The summed E-state index contributed by atoms with van der Waals surface area (Å²) >= 11 is 15.6. The number of thiophene rings is 1. The molecular weight excluding hydrogens is 279 g/mol. The number of thioether (sulfide) groups is 1. The molecule has 0 aliphatic carbocycles. The van der Waals surface area contributed by atoms with Gasteiger partial charge in [0, 0.05) is 26.4 Å². The zero-order chi connectivity index (χ0) is 11.4. The molecule has 4 heteroatoms. The van der Waals surface area contributed by atoms with Gasteiger partial charge in [-0.05, 0) is 29.1 Å². The lowest BCUT2D eigenvalue weighted by atomic mass is 10.2. The van der Waals surface area contributed by atoms with Crippen molar-refractivity contribution in [3.63, 3.8) is 0 Å². The molecule has 0 fully saturated rings. The highest BCUT2D eigenvalue weighted by Crippen LogP contribution is 2.27. The zero-order valence-corrected chi connectivity index (χ0v) is 11.6. The molecule has 0 saturated heterocycles. The molecule has 0 aliphatic rings. The molecular formula is C12H10Cl2S2. The summed E-state index contributed by atoms with van der Waals surface area (Å²) in [6.45, 7) is 0. The summed E-state index contributed by atoms with van der Waals surface area (Å²) in [4.78, 5) is 1.40. The van der Waals surface area contributed by atoms with Crippen LogP contribution in [0.1, 0.15) is 10.4 Å². The number of hydrogen-bond acceptors (Lipinski definition) is 2. The quantitative estimate of drug-likeness (QED) is 0.717. The van der Waals surface area contributed by atoms with E-state index >= 15 is 0 Å². The third-order valence-corrected chi connectivity index (χ3v) is 4.77. The minimum absolute atomic E-state index is 0.692. The Kier molecular flexibility index (Phi) is 4.59. The van der Waals surface area contributed by atoms with E-state index in [1.165, 1.54) is 4.88 Å². The largest absolute Gasteiger partial charge is 0.152 e. The van der Waals surface area contributed by atoms with E-state index in [0.29, 0.717) is 5.02 Å². The number of hydrogen-bond donors (Lipinski definition) is 0. The van der Waals surface area contributed by atoms with E-state index in [9.17, 15) is 0 Å². The van der Waals surface area contributed by atoms with Crippen molar-refractivity contribution in [3.05, 3.63) is 56.2 Å².